The number of ether oxygens (including phenoxy) is 2. The fourth-order valence-corrected chi connectivity index (χ4v) is 3.12. The highest BCUT2D eigenvalue weighted by Crippen LogP contribution is 2.34. The minimum atomic E-state index is 0.419. The van der Waals surface area contributed by atoms with E-state index in [1.807, 2.05) is 60.7 Å². The van der Waals surface area contributed by atoms with Gasteiger partial charge in [0.05, 0.1) is 10.0 Å². The number of pyridine rings is 1. The molecule has 2 aromatic carbocycles. The van der Waals surface area contributed by atoms with Crippen molar-refractivity contribution in [3.63, 3.8) is 0 Å². The predicted molar refractivity (Wildman–Crippen MR) is 109 cm³/mol. The lowest BCUT2D eigenvalue weighted by molar-refractivity contribution is 0.302. The monoisotopic (exact) mass is 402 g/mol. The van der Waals surface area contributed by atoms with Gasteiger partial charge in [0.2, 0.25) is 5.88 Å². The Morgan fingerprint density at radius 1 is 0.852 bits per heavy atom. The second kappa shape index (κ2) is 10.2. The standard InChI is InChI=1S/C21H20Cl2N2O2/c22-18-12-17(14-24-10-11-26-20-8-4-5-9-25-20)13-19(23)21(18)27-15-16-6-2-1-3-7-16/h1-9,12-13,24H,10-11,14-15H2. The zero-order chi connectivity index (χ0) is 18.9. The third kappa shape index (κ3) is 6.14. The Hall–Kier alpha value is -2.27. The van der Waals surface area contributed by atoms with Crippen LogP contribution in [0.2, 0.25) is 10.0 Å². The van der Waals surface area contributed by atoms with Crippen molar-refractivity contribution >= 4 is 23.2 Å². The second-order valence-electron chi connectivity index (χ2n) is 5.86. The molecule has 1 aromatic heterocycles. The van der Waals surface area contributed by atoms with Crippen LogP contribution >= 0.6 is 23.2 Å². The maximum atomic E-state index is 6.35. The molecule has 0 aliphatic carbocycles. The largest absolute Gasteiger partial charge is 0.486 e. The molecule has 3 aromatic rings. The van der Waals surface area contributed by atoms with Crippen LogP contribution in [0.15, 0.2) is 66.9 Å². The molecule has 0 amide bonds. The maximum Gasteiger partial charge on any atom is 0.213 e. The van der Waals surface area contributed by atoms with E-state index in [2.05, 4.69) is 10.3 Å². The summed E-state index contributed by atoms with van der Waals surface area (Å²) in [7, 11) is 0. The normalized spacial score (nSPS) is 10.6. The Bertz CT molecular complexity index is 822. The van der Waals surface area contributed by atoms with Crippen LogP contribution in [-0.4, -0.2) is 18.1 Å². The molecule has 0 fully saturated rings. The van der Waals surface area contributed by atoms with Crippen molar-refractivity contribution in [2.75, 3.05) is 13.2 Å². The molecule has 0 spiro atoms. The lowest BCUT2D eigenvalue weighted by Crippen LogP contribution is -2.20. The van der Waals surface area contributed by atoms with Gasteiger partial charge in [0.1, 0.15) is 13.2 Å². The van der Waals surface area contributed by atoms with E-state index in [9.17, 15) is 0 Å². The SMILES string of the molecule is Clc1cc(CNCCOc2ccccn2)cc(Cl)c1OCc1ccccc1. The van der Waals surface area contributed by atoms with Gasteiger partial charge in [0, 0.05) is 25.4 Å². The second-order valence-corrected chi connectivity index (χ2v) is 6.67. The molecule has 1 N–H and O–H groups in total. The molecule has 27 heavy (non-hydrogen) atoms. The number of nitrogens with one attached hydrogen (secondary N) is 1. The molecular formula is C21H20Cl2N2O2. The summed E-state index contributed by atoms with van der Waals surface area (Å²) in [6.07, 6.45) is 1.70. The lowest BCUT2D eigenvalue weighted by Gasteiger charge is -2.12. The van der Waals surface area contributed by atoms with Gasteiger partial charge in [0.15, 0.2) is 5.75 Å². The van der Waals surface area contributed by atoms with Crippen LogP contribution in [0.4, 0.5) is 0 Å². The van der Waals surface area contributed by atoms with Crippen LogP contribution in [0.25, 0.3) is 0 Å². The highest BCUT2D eigenvalue weighted by Gasteiger charge is 2.10. The molecule has 3 rings (SSSR count). The van der Waals surface area contributed by atoms with Gasteiger partial charge < -0.3 is 14.8 Å². The first kappa shape index (κ1) is 19.5. The summed E-state index contributed by atoms with van der Waals surface area (Å²) in [5, 5.41) is 4.29. The molecule has 0 bridgehead atoms. The van der Waals surface area contributed by atoms with Crippen molar-refractivity contribution in [3.05, 3.63) is 88.0 Å². The van der Waals surface area contributed by atoms with Crippen LogP contribution in [0.5, 0.6) is 11.6 Å². The molecule has 0 radical (unpaired) electrons. The minimum Gasteiger partial charge on any atom is -0.486 e. The van der Waals surface area contributed by atoms with Crippen molar-refractivity contribution in [2.45, 2.75) is 13.2 Å². The first-order valence-corrected chi connectivity index (χ1v) is 9.37. The fraction of sp³-hybridized carbons (Fsp3) is 0.190. The number of aromatic nitrogens is 1. The van der Waals surface area contributed by atoms with E-state index >= 15 is 0 Å². The average Bonchev–Trinajstić information content (AvgIpc) is 2.69. The molecule has 0 unspecified atom stereocenters. The first-order valence-electron chi connectivity index (χ1n) is 8.61. The zero-order valence-electron chi connectivity index (χ0n) is 14.7. The molecule has 0 saturated heterocycles. The van der Waals surface area contributed by atoms with Gasteiger partial charge in [-0.15, -0.1) is 0 Å². The van der Waals surface area contributed by atoms with Gasteiger partial charge in [-0.05, 0) is 29.3 Å². The van der Waals surface area contributed by atoms with Crippen molar-refractivity contribution in [3.8, 4) is 11.6 Å². The Labute approximate surface area is 169 Å². The molecular weight excluding hydrogens is 383 g/mol. The third-order valence-electron chi connectivity index (χ3n) is 3.78. The van der Waals surface area contributed by atoms with Crippen molar-refractivity contribution in [1.82, 2.24) is 10.3 Å². The Kier molecular flexibility index (Phi) is 7.34. The number of hydrogen-bond acceptors (Lipinski definition) is 4. The van der Waals surface area contributed by atoms with Gasteiger partial charge in [-0.1, -0.05) is 59.6 Å². The Morgan fingerprint density at radius 3 is 2.30 bits per heavy atom. The third-order valence-corrected chi connectivity index (χ3v) is 4.34. The number of hydrogen-bond donors (Lipinski definition) is 1. The van der Waals surface area contributed by atoms with Crippen LogP contribution in [0.3, 0.4) is 0 Å². The Balaban J connectivity index is 1.47. The van der Waals surface area contributed by atoms with Crippen LogP contribution in [0, 0.1) is 0 Å². The summed E-state index contributed by atoms with van der Waals surface area (Å²) < 4.78 is 11.3. The van der Waals surface area contributed by atoms with E-state index in [0.29, 0.717) is 48.0 Å². The quantitative estimate of drug-likeness (QED) is 0.503. The molecule has 0 aliphatic rings. The molecule has 4 nitrogen and oxygen atoms in total. The van der Waals surface area contributed by atoms with E-state index in [1.165, 1.54) is 0 Å². The van der Waals surface area contributed by atoms with Crippen LogP contribution in [0.1, 0.15) is 11.1 Å². The van der Waals surface area contributed by atoms with E-state index in [4.69, 9.17) is 32.7 Å². The van der Waals surface area contributed by atoms with Gasteiger partial charge in [-0.25, -0.2) is 4.98 Å². The van der Waals surface area contributed by atoms with Crippen molar-refractivity contribution < 1.29 is 9.47 Å². The molecule has 140 valence electrons. The smallest absolute Gasteiger partial charge is 0.213 e. The number of benzene rings is 2. The fourth-order valence-electron chi connectivity index (χ4n) is 2.48. The summed E-state index contributed by atoms with van der Waals surface area (Å²) in [5.74, 6) is 1.12. The summed E-state index contributed by atoms with van der Waals surface area (Å²) in [6, 6.07) is 19.2. The van der Waals surface area contributed by atoms with E-state index < -0.39 is 0 Å². The van der Waals surface area contributed by atoms with E-state index in [1.54, 1.807) is 6.20 Å². The molecule has 0 aliphatic heterocycles. The zero-order valence-corrected chi connectivity index (χ0v) is 16.2. The van der Waals surface area contributed by atoms with Gasteiger partial charge >= 0.3 is 0 Å². The summed E-state index contributed by atoms with van der Waals surface area (Å²) in [6.45, 7) is 2.25. The van der Waals surface area contributed by atoms with Crippen LogP contribution < -0.4 is 14.8 Å². The van der Waals surface area contributed by atoms with E-state index in [0.717, 1.165) is 11.1 Å². The molecule has 6 heteroatoms. The average molecular weight is 403 g/mol. The topological polar surface area (TPSA) is 43.4 Å². The lowest BCUT2D eigenvalue weighted by atomic mass is 10.2. The van der Waals surface area contributed by atoms with E-state index in [-0.39, 0.29) is 0 Å². The minimum absolute atomic E-state index is 0.419. The summed E-state index contributed by atoms with van der Waals surface area (Å²) in [4.78, 5) is 4.11. The molecule has 0 atom stereocenters. The first-order chi connectivity index (χ1) is 13.2. The highest BCUT2D eigenvalue weighted by atomic mass is 35.5. The van der Waals surface area contributed by atoms with Gasteiger partial charge in [0.25, 0.3) is 0 Å². The summed E-state index contributed by atoms with van der Waals surface area (Å²) >= 11 is 12.7. The predicted octanol–water partition coefficient (Wildman–Crippen LogP) is 5.14. The molecule has 0 saturated carbocycles. The van der Waals surface area contributed by atoms with Crippen LogP contribution in [-0.2, 0) is 13.2 Å². The maximum absolute atomic E-state index is 6.35. The Morgan fingerprint density at radius 2 is 1.59 bits per heavy atom. The highest BCUT2D eigenvalue weighted by molar-refractivity contribution is 6.37. The number of rotatable bonds is 9. The van der Waals surface area contributed by atoms with Crippen molar-refractivity contribution in [1.29, 1.82) is 0 Å². The van der Waals surface area contributed by atoms with Gasteiger partial charge in [-0.3, -0.25) is 0 Å². The van der Waals surface area contributed by atoms with Gasteiger partial charge in [-0.2, -0.15) is 0 Å². The van der Waals surface area contributed by atoms with Crippen molar-refractivity contribution in [2.24, 2.45) is 0 Å². The number of halogens is 2. The summed E-state index contributed by atoms with van der Waals surface area (Å²) in [5.41, 5.74) is 2.04. The molecule has 1 heterocycles. The number of nitrogens with zero attached hydrogens (tertiary/aromatic N) is 1.